The van der Waals surface area contributed by atoms with Gasteiger partial charge in [-0.2, -0.15) is 23.4 Å². The van der Waals surface area contributed by atoms with Crippen molar-refractivity contribution in [1.82, 2.24) is 19.6 Å². The Morgan fingerprint density at radius 3 is 2.68 bits per heavy atom. The molecule has 1 N–H and O–H groups in total. The zero-order chi connectivity index (χ0) is 22.0. The molecule has 1 aliphatic rings. The topological polar surface area (TPSA) is 64.7 Å². The molecule has 0 radical (unpaired) electrons. The lowest BCUT2D eigenvalue weighted by Gasteiger charge is -2.07. The van der Waals surface area contributed by atoms with Crippen LogP contribution in [0, 0.1) is 5.82 Å². The first-order valence-electron chi connectivity index (χ1n) is 10.0. The van der Waals surface area contributed by atoms with Crippen LogP contribution in [0.4, 0.5) is 23.4 Å². The average molecular weight is 435 g/mol. The number of alkyl halides is 3. The number of rotatable bonds is 5. The van der Waals surface area contributed by atoms with Crippen LogP contribution < -0.4 is 5.32 Å². The van der Waals surface area contributed by atoms with Crippen molar-refractivity contribution in [1.29, 1.82) is 0 Å². The minimum atomic E-state index is -4.55. The number of nitrogens with zero attached hydrogens (tertiary/aromatic N) is 4. The molecule has 0 saturated carbocycles. The van der Waals surface area contributed by atoms with E-state index < -0.39 is 17.8 Å². The third-order valence-electron chi connectivity index (χ3n) is 5.21. The number of nitrogens with one attached hydrogen (secondary N) is 1. The first-order valence-corrected chi connectivity index (χ1v) is 10.0. The number of halogens is 4. The summed E-state index contributed by atoms with van der Waals surface area (Å²) in [5.74, 6) is -0.607. The van der Waals surface area contributed by atoms with Crippen LogP contribution in [0.15, 0.2) is 36.5 Å². The number of aromatic nitrogens is 4. The quantitative estimate of drug-likeness (QED) is 0.483. The first kappa shape index (κ1) is 21.1. The molecule has 4 rings (SSSR count). The Bertz CT molecular complexity index is 1090. The molecule has 0 atom stereocenters. The largest absolute Gasteiger partial charge is 0.435 e. The zero-order valence-corrected chi connectivity index (χ0v) is 16.6. The molecule has 10 heteroatoms. The molecule has 0 bridgehead atoms. The zero-order valence-electron chi connectivity index (χ0n) is 16.6. The summed E-state index contributed by atoms with van der Waals surface area (Å²) in [5, 5.41) is 10.5. The van der Waals surface area contributed by atoms with Gasteiger partial charge in [0.25, 0.3) is 0 Å². The van der Waals surface area contributed by atoms with E-state index >= 15 is 0 Å². The van der Waals surface area contributed by atoms with Crippen LogP contribution in [-0.4, -0.2) is 25.5 Å². The highest BCUT2D eigenvalue weighted by Gasteiger charge is 2.39. The van der Waals surface area contributed by atoms with Crippen molar-refractivity contribution in [3.8, 4) is 0 Å². The molecule has 0 fully saturated rings. The number of carbonyl (C=O) groups is 1. The van der Waals surface area contributed by atoms with Gasteiger partial charge in [0.1, 0.15) is 12.4 Å². The van der Waals surface area contributed by atoms with E-state index in [-0.39, 0.29) is 23.7 Å². The van der Waals surface area contributed by atoms with Gasteiger partial charge in [0.2, 0.25) is 5.91 Å². The van der Waals surface area contributed by atoms with Crippen LogP contribution >= 0.6 is 0 Å². The fourth-order valence-corrected chi connectivity index (χ4v) is 3.86. The molecule has 1 aliphatic carbocycles. The van der Waals surface area contributed by atoms with E-state index in [0.29, 0.717) is 37.1 Å². The molecule has 2 heterocycles. The third-order valence-corrected chi connectivity index (χ3v) is 5.21. The van der Waals surface area contributed by atoms with E-state index in [9.17, 15) is 22.4 Å². The molecule has 0 saturated heterocycles. The standard InChI is InChI=1S/C21H21F4N5O/c22-15-6-4-5-14(11-15)12-29-10-9-18(27-29)26-19(31)13-30-17-8-3-1-2-7-16(17)20(28-30)21(23,24)25/h4-6,9-11H,1-3,7-8,12-13H2,(H,26,27,31). The fourth-order valence-electron chi connectivity index (χ4n) is 3.86. The van der Waals surface area contributed by atoms with Crippen molar-refractivity contribution in [2.45, 2.75) is 51.4 Å². The Morgan fingerprint density at radius 1 is 1.10 bits per heavy atom. The maximum Gasteiger partial charge on any atom is 0.435 e. The van der Waals surface area contributed by atoms with E-state index in [2.05, 4.69) is 15.5 Å². The lowest BCUT2D eigenvalue weighted by molar-refractivity contribution is -0.142. The van der Waals surface area contributed by atoms with Crippen molar-refractivity contribution in [3.63, 3.8) is 0 Å². The summed E-state index contributed by atoms with van der Waals surface area (Å²) in [5.41, 5.74) is 0.505. The van der Waals surface area contributed by atoms with Gasteiger partial charge in [0.15, 0.2) is 11.5 Å². The van der Waals surface area contributed by atoms with Crippen molar-refractivity contribution in [3.05, 3.63) is 64.9 Å². The Morgan fingerprint density at radius 2 is 1.90 bits per heavy atom. The molecule has 31 heavy (non-hydrogen) atoms. The van der Waals surface area contributed by atoms with Crippen LogP contribution in [-0.2, 0) is 36.9 Å². The SMILES string of the molecule is O=C(Cn1nc(C(F)(F)F)c2c1CCCCC2)Nc1ccn(Cc2cccc(F)c2)n1. The number of anilines is 1. The molecular formula is C21H21F4N5O. The van der Waals surface area contributed by atoms with Crippen LogP contribution in [0.25, 0.3) is 0 Å². The smallest absolute Gasteiger partial charge is 0.308 e. The molecular weight excluding hydrogens is 414 g/mol. The highest BCUT2D eigenvalue weighted by molar-refractivity contribution is 5.89. The number of benzene rings is 1. The monoisotopic (exact) mass is 435 g/mol. The van der Waals surface area contributed by atoms with E-state index in [1.54, 1.807) is 24.4 Å². The highest BCUT2D eigenvalue weighted by Crippen LogP contribution is 2.35. The number of hydrogen-bond acceptors (Lipinski definition) is 3. The van der Waals surface area contributed by atoms with Crippen molar-refractivity contribution < 1.29 is 22.4 Å². The lowest BCUT2D eigenvalue weighted by Crippen LogP contribution is -2.22. The van der Waals surface area contributed by atoms with Crippen molar-refractivity contribution in [2.75, 3.05) is 5.32 Å². The molecule has 1 aromatic carbocycles. The Labute approximate surface area is 175 Å². The predicted octanol–water partition coefficient (Wildman–Crippen LogP) is 4.19. The van der Waals surface area contributed by atoms with Gasteiger partial charge in [-0.1, -0.05) is 18.6 Å². The first-order chi connectivity index (χ1) is 14.8. The summed E-state index contributed by atoms with van der Waals surface area (Å²) >= 11 is 0. The summed E-state index contributed by atoms with van der Waals surface area (Å²) in [6, 6.07) is 7.66. The number of amides is 1. The summed E-state index contributed by atoms with van der Waals surface area (Å²) in [4.78, 5) is 12.5. The third kappa shape index (κ3) is 4.95. The summed E-state index contributed by atoms with van der Waals surface area (Å²) < 4.78 is 56.2. The number of hydrogen-bond donors (Lipinski definition) is 1. The fraction of sp³-hybridized carbons (Fsp3) is 0.381. The van der Waals surface area contributed by atoms with E-state index in [1.807, 2.05) is 0 Å². The summed E-state index contributed by atoms with van der Waals surface area (Å²) in [6.45, 7) is -0.00952. The Balaban J connectivity index is 1.46. The van der Waals surface area contributed by atoms with Gasteiger partial charge >= 0.3 is 6.18 Å². The molecule has 2 aromatic heterocycles. The van der Waals surface area contributed by atoms with Gasteiger partial charge < -0.3 is 5.32 Å². The summed E-state index contributed by atoms with van der Waals surface area (Å²) in [6.07, 6.45) is 0.151. The molecule has 0 aliphatic heterocycles. The van der Waals surface area contributed by atoms with E-state index in [1.165, 1.54) is 21.5 Å². The summed E-state index contributed by atoms with van der Waals surface area (Å²) in [7, 11) is 0. The van der Waals surface area contributed by atoms with Gasteiger partial charge in [0, 0.05) is 23.5 Å². The van der Waals surface area contributed by atoms with Gasteiger partial charge in [-0.05, 0) is 43.4 Å². The predicted molar refractivity (Wildman–Crippen MR) is 105 cm³/mol. The van der Waals surface area contributed by atoms with Gasteiger partial charge in [-0.25, -0.2) is 4.39 Å². The second-order valence-corrected chi connectivity index (χ2v) is 7.57. The molecule has 0 spiro atoms. The lowest BCUT2D eigenvalue weighted by atomic mass is 10.1. The highest BCUT2D eigenvalue weighted by atomic mass is 19.4. The molecule has 1 amide bonds. The average Bonchev–Trinajstić information content (AvgIpc) is 3.17. The van der Waals surface area contributed by atoms with Gasteiger partial charge in [-0.15, -0.1) is 0 Å². The molecule has 0 unspecified atom stereocenters. The van der Waals surface area contributed by atoms with Crippen molar-refractivity contribution in [2.24, 2.45) is 0 Å². The second-order valence-electron chi connectivity index (χ2n) is 7.57. The molecule has 3 aromatic rings. The number of fused-ring (bicyclic) bond motifs is 1. The molecule has 164 valence electrons. The van der Waals surface area contributed by atoms with E-state index in [0.717, 1.165) is 12.8 Å². The van der Waals surface area contributed by atoms with Crippen LogP contribution in [0.1, 0.15) is 41.8 Å². The number of carbonyl (C=O) groups excluding carboxylic acids is 1. The van der Waals surface area contributed by atoms with Gasteiger partial charge in [0.05, 0.1) is 6.54 Å². The molecule has 6 nitrogen and oxygen atoms in total. The maximum atomic E-state index is 13.4. The normalized spacial score (nSPS) is 14.2. The maximum absolute atomic E-state index is 13.4. The van der Waals surface area contributed by atoms with E-state index in [4.69, 9.17) is 0 Å². The second kappa shape index (κ2) is 8.52. The van der Waals surface area contributed by atoms with Crippen LogP contribution in [0.5, 0.6) is 0 Å². The Kier molecular flexibility index (Phi) is 5.79. The minimum Gasteiger partial charge on any atom is -0.308 e. The van der Waals surface area contributed by atoms with Crippen molar-refractivity contribution >= 4 is 11.7 Å². The minimum absolute atomic E-state index is 0.206. The van der Waals surface area contributed by atoms with Gasteiger partial charge in [-0.3, -0.25) is 14.2 Å². The van der Waals surface area contributed by atoms with Crippen LogP contribution in [0.3, 0.4) is 0 Å². The Hall–Kier alpha value is -3.17. The van der Waals surface area contributed by atoms with Crippen LogP contribution in [0.2, 0.25) is 0 Å².